The van der Waals surface area contributed by atoms with Crippen molar-refractivity contribution in [3.8, 4) is 0 Å². The lowest BCUT2D eigenvalue weighted by Crippen LogP contribution is -2.59. The normalized spacial score (nSPS) is 22.7. The maximum atomic E-state index is 13.0. The second-order valence-electron chi connectivity index (χ2n) is 5.72. The Morgan fingerprint density at radius 1 is 1.32 bits per heavy atom. The second-order valence-corrected chi connectivity index (χ2v) is 5.72. The molecule has 2 atom stereocenters. The van der Waals surface area contributed by atoms with Crippen molar-refractivity contribution in [2.45, 2.75) is 63.9 Å². The van der Waals surface area contributed by atoms with Gasteiger partial charge >= 0.3 is 12.3 Å². The summed E-state index contributed by atoms with van der Waals surface area (Å²) >= 11 is 0. The summed E-state index contributed by atoms with van der Waals surface area (Å²) in [5, 5.41) is 4.74. The lowest BCUT2D eigenvalue weighted by Gasteiger charge is -2.33. The highest BCUT2D eigenvalue weighted by atomic mass is 19.4. The molecule has 1 amide bonds. The molecule has 0 spiro atoms. The zero-order chi connectivity index (χ0) is 14.7. The largest absolute Gasteiger partial charge is 0.444 e. The standard InChI is InChI=1S/C12H21F3N2O2/c1-11(2,3)19-10(18)17-9(12(13,14)15)8-6-4-5-7-16-8/h8-9,16H,4-7H2,1-3H3,(H,17,18). The summed E-state index contributed by atoms with van der Waals surface area (Å²) in [7, 11) is 0. The minimum Gasteiger partial charge on any atom is -0.444 e. The first-order chi connectivity index (χ1) is 8.59. The molecule has 4 nitrogen and oxygen atoms in total. The molecule has 0 bridgehead atoms. The Morgan fingerprint density at radius 2 is 1.95 bits per heavy atom. The van der Waals surface area contributed by atoms with Gasteiger partial charge in [-0.3, -0.25) is 0 Å². The molecule has 0 radical (unpaired) electrons. The molecule has 0 aliphatic carbocycles. The predicted octanol–water partition coefficient (Wildman–Crippen LogP) is 2.58. The van der Waals surface area contributed by atoms with Crippen molar-refractivity contribution >= 4 is 6.09 Å². The average molecular weight is 282 g/mol. The van der Waals surface area contributed by atoms with Crippen LogP contribution in [0.15, 0.2) is 0 Å². The Hall–Kier alpha value is -0.980. The van der Waals surface area contributed by atoms with Gasteiger partial charge in [0.05, 0.1) is 0 Å². The van der Waals surface area contributed by atoms with E-state index < -0.39 is 30.0 Å². The molecule has 19 heavy (non-hydrogen) atoms. The third-order valence-electron chi connectivity index (χ3n) is 2.78. The maximum absolute atomic E-state index is 13.0. The topological polar surface area (TPSA) is 50.4 Å². The van der Waals surface area contributed by atoms with Gasteiger partial charge in [0.15, 0.2) is 0 Å². The van der Waals surface area contributed by atoms with Gasteiger partial charge in [0, 0.05) is 6.04 Å². The van der Waals surface area contributed by atoms with Crippen molar-refractivity contribution in [3.63, 3.8) is 0 Å². The molecule has 1 heterocycles. The van der Waals surface area contributed by atoms with Gasteiger partial charge in [-0.2, -0.15) is 13.2 Å². The van der Waals surface area contributed by atoms with E-state index >= 15 is 0 Å². The lowest BCUT2D eigenvalue weighted by atomic mass is 9.97. The van der Waals surface area contributed by atoms with E-state index in [9.17, 15) is 18.0 Å². The van der Waals surface area contributed by atoms with Gasteiger partial charge in [-0.1, -0.05) is 6.42 Å². The molecule has 112 valence electrons. The van der Waals surface area contributed by atoms with Crippen molar-refractivity contribution in [2.75, 3.05) is 6.54 Å². The summed E-state index contributed by atoms with van der Waals surface area (Å²) in [6.07, 6.45) is -3.57. The maximum Gasteiger partial charge on any atom is 0.410 e. The number of carbonyl (C=O) groups excluding carboxylic acids is 1. The van der Waals surface area contributed by atoms with Crippen molar-refractivity contribution in [1.29, 1.82) is 0 Å². The van der Waals surface area contributed by atoms with Crippen LogP contribution >= 0.6 is 0 Å². The number of halogens is 3. The predicted molar refractivity (Wildman–Crippen MR) is 64.9 cm³/mol. The summed E-state index contributed by atoms with van der Waals surface area (Å²) in [5.74, 6) is 0. The van der Waals surface area contributed by atoms with Gasteiger partial charge in [-0.25, -0.2) is 4.79 Å². The van der Waals surface area contributed by atoms with Crippen LogP contribution in [0.4, 0.5) is 18.0 Å². The van der Waals surface area contributed by atoms with E-state index in [1.807, 2.05) is 5.32 Å². The zero-order valence-corrected chi connectivity index (χ0v) is 11.4. The minimum atomic E-state index is -4.49. The molecule has 1 rings (SSSR count). The SMILES string of the molecule is CC(C)(C)OC(=O)NC(C1CCCCN1)C(F)(F)F. The van der Waals surface area contributed by atoms with Crippen molar-refractivity contribution < 1.29 is 22.7 Å². The Bertz CT molecular complexity index is 307. The molecule has 0 aromatic heterocycles. The average Bonchev–Trinajstić information content (AvgIpc) is 2.23. The number of amides is 1. The number of rotatable bonds is 2. The van der Waals surface area contributed by atoms with Crippen LogP contribution in [0.5, 0.6) is 0 Å². The van der Waals surface area contributed by atoms with Crippen LogP contribution in [0.2, 0.25) is 0 Å². The number of piperidine rings is 1. The number of hydrogen-bond acceptors (Lipinski definition) is 3. The molecule has 1 aliphatic heterocycles. The summed E-state index contributed by atoms with van der Waals surface area (Å²) in [6.45, 7) is 5.35. The molecule has 0 aromatic rings. The number of ether oxygens (including phenoxy) is 1. The van der Waals surface area contributed by atoms with Gasteiger partial charge in [0.25, 0.3) is 0 Å². The van der Waals surface area contributed by atoms with Gasteiger partial charge in [-0.15, -0.1) is 0 Å². The molecule has 7 heteroatoms. The Labute approximate surface area is 111 Å². The molecule has 1 saturated heterocycles. The Kier molecular flexibility index (Phi) is 5.06. The van der Waals surface area contributed by atoms with Crippen LogP contribution in [0.3, 0.4) is 0 Å². The second kappa shape index (κ2) is 5.98. The number of nitrogens with one attached hydrogen (secondary N) is 2. The molecule has 1 fully saturated rings. The monoisotopic (exact) mass is 282 g/mol. The van der Waals surface area contributed by atoms with Crippen LogP contribution < -0.4 is 10.6 Å². The van der Waals surface area contributed by atoms with Crippen LogP contribution in [0.1, 0.15) is 40.0 Å². The van der Waals surface area contributed by atoms with Crippen molar-refractivity contribution in [2.24, 2.45) is 0 Å². The number of alkyl halides is 3. The fourth-order valence-electron chi connectivity index (χ4n) is 2.01. The van der Waals surface area contributed by atoms with E-state index in [0.717, 1.165) is 12.8 Å². The van der Waals surface area contributed by atoms with Gasteiger partial charge < -0.3 is 15.4 Å². The highest BCUT2D eigenvalue weighted by Crippen LogP contribution is 2.26. The summed E-state index contributed by atoms with van der Waals surface area (Å²) in [6, 6.07) is -2.70. The summed E-state index contributed by atoms with van der Waals surface area (Å²) in [4.78, 5) is 11.5. The van der Waals surface area contributed by atoms with Crippen molar-refractivity contribution in [1.82, 2.24) is 10.6 Å². The summed E-state index contributed by atoms with van der Waals surface area (Å²) < 4.78 is 43.8. The third-order valence-corrected chi connectivity index (χ3v) is 2.78. The first-order valence-electron chi connectivity index (χ1n) is 6.39. The smallest absolute Gasteiger partial charge is 0.410 e. The van der Waals surface area contributed by atoms with Crippen LogP contribution in [-0.4, -0.2) is 36.5 Å². The van der Waals surface area contributed by atoms with E-state index in [1.54, 1.807) is 20.8 Å². The van der Waals surface area contributed by atoms with E-state index in [2.05, 4.69) is 5.32 Å². The molecular formula is C12H21F3N2O2. The fraction of sp³-hybridized carbons (Fsp3) is 0.917. The van der Waals surface area contributed by atoms with Crippen molar-refractivity contribution in [3.05, 3.63) is 0 Å². The highest BCUT2D eigenvalue weighted by Gasteiger charge is 2.46. The zero-order valence-electron chi connectivity index (χ0n) is 11.4. The quantitative estimate of drug-likeness (QED) is 0.818. The third kappa shape index (κ3) is 5.67. The van der Waals surface area contributed by atoms with Gasteiger partial charge in [0.1, 0.15) is 11.6 Å². The van der Waals surface area contributed by atoms with Gasteiger partial charge in [0.2, 0.25) is 0 Å². The summed E-state index contributed by atoms with van der Waals surface area (Å²) in [5.41, 5.74) is -0.819. The van der Waals surface area contributed by atoms with E-state index in [4.69, 9.17) is 4.74 Å². The lowest BCUT2D eigenvalue weighted by molar-refractivity contribution is -0.163. The molecule has 1 aliphatic rings. The molecule has 0 aromatic carbocycles. The van der Waals surface area contributed by atoms with E-state index in [1.165, 1.54) is 0 Å². The van der Waals surface area contributed by atoms with Crippen LogP contribution in [-0.2, 0) is 4.74 Å². The molecule has 2 N–H and O–H groups in total. The number of hydrogen-bond donors (Lipinski definition) is 2. The first kappa shape index (κ1) is 16.1. The minimum absolute atomic E-state index is 0.389. The van der Waals surface area contributed by atoms with Crippen LogP contribution in [0.25, 0.3) is 0 Å². The first-order valence-corrected chi connectivity index (χ1v) is 6.39. The van der Waals surface area contributed by atoms with Crippen LogP contribution in [0, 0.1) is 0 Å². The molecular weight excluding hydrogens is 261 g/mol. The Morgan fingerprint density at radius 3 is 2.37 bits per heavy atom. The highest BCUT2D eigenvalue weighted by molar-refractivity contribution is 5.68. The number of carbonyl (C=O) groups is 1. The molecule has 2 unspecified atom stereocenters. The Balaban J connectivity index is 2.67. The molecule has 0 saturated carbocycles. The van der Waals surface area contributed by atoms with E-state index in [-0.39, 0.29) is 0 Å². The van der Waals surface area contributed by atoms with E-state index in [0.29, 0.717) is 13.0 Å². The van der Waals surface area contributed by atoms with Gasteiger partial charge in [-0.05, 0) is 40.2 Å². The number of alkyl carbamates (subject to hydrolysis) is 1. The fourth-order valence-corrected chi connectivity index (χ4v) is 2.01.